The second kappa shape index (κ2) is 5.17. The van der Waals surface area contributed by atoms with Crippen LogP contribution in [0.5, 0.6) is 5.88 Å². The highest BCUT2D eigenvalue weighted by Gasteiger charge is 1.95. The van der Waals surface area contributed by atoms with E-state index in [0.29, 0.717) is 5.88 Å². The van der Waals surface area contributed by atoms with E-state index in [1.54, 1.807) is 19.4 Å². The van der Waals surface area contributed by atoms with Gasteiger partial charge in [0.2, 0.25) is 5.88 Å². The number of hydrogen-bond donors (Lipinski definition) is 0. The Morgan fingerprint density at radius 2 is 2.36 bits per heavy atom. The van der Waals surface area contributed by atoms with Gasteiger partial charge in [-0.25, -0.2) is 4.98 Å². The van der Waals surface area contributed by atoms with Gasteiger partial charge in [-0.1, -0.05) is 6.92 Å². The zero-order valence-electron chi connectivity index (χ0n) is 8.36. The molecule has 1 aromatic heterocycles. The molecule has 0 saturated heterocycles. The monoisotopic (exact) mass is 191 g/mol. The average Bonchev–Trinajstić information content (AvgIpc) is 2.26. The summed E-state index contributed by atoms with van der Waals surface area (Å²) in [5.41, 5.74) is 1.67. The minimum atomic E-state index is 0.575. The molecule has 0 fully saturated rings. The van der Waals surface area contributed by atoms with Crippen molar-refractivity contribution in [2.45, 2.75) is 13.3 Å². The second-order valence-corrected chi connectivity index (χ2v) is 2.82. The summed E-state index contributed by atoms with van der Waals surface area (Å²) < 4.78 is 4.93. The van der Waals surface area contributed by atoms with E-state index >= 15 is 0 Å². The molecule has 1 heterocycles. The minimum Gasteiger partial charge on any atom is -0.481 e. The van der Waals surface area contributed by atoms with Gasteiger partial charge >= 0.3 is 0 Å². The molecule has 0 atom stereocenters. The molecule has 0 radical (unpaired) electrons. The summed E-state index contributed by atoms with van der Waals surface area (Å²) >= 11 is 0. The smallest absolute Gasteiger partial charge is 0.212 e. The van der Waals surface area contributed by atoms with Crippen molar-refractivity contribution in [3.8, 4) is 5.88 Å². The van der Waals surface area contributed by atoms with Gasteiger partial charge in [0.1, 0.15) is 6.29 Å². The topological polar surface area (TPSA) is 39.2 Å². The third kappa shape index (κ3) is 2.69. The molecule has 14 heavy (non-hydrogen) atoms. The van der Waals surface area contributed by atoms with Gasteiger partial charge < -0.3 is 4.74 Å². The number of pyridine rings is 1. The number of ether oxygens (including phenoxy) is 1. The summed E-state index contributed by atoms with van der Waals surface area (Å²) in [5.74, 6) is 0.575. The molecule has 0 amide bonds. The van der Waals surface area contributed by atoms with Crippen LogP contribution in [-0.2, 0) is 4.79 Å². The van der Waals surface area contributed by atoms with Crippen LogP contribution in [0.25, 0.3) is 6.08 Å². The molecular weight excluding hydrogens is 178 g/mol. The van der Waals surface area contributed by atoms with Crippen molar-refractivity contribution in [2.24, 2.45) is 0 Å². The molecule has 0 bridgehead atoms. The SMILES string of the molecule is CC/C(C=O)=C/c1ccc(OC)nc1. The minimum absolute atomic E-state index is 0.575. The summed E-state index contributed by atoms with van der Waals surface area (Å²) in [5, 5.41) is 0. The Balaban J connectivity index is 2.86. The normalized spacial score (nSPS) is 11.1. The zero-order chi connectivity index (χ0) is 10.4. The molecule has 1 aromatic rings. The number of aromatic nitrogens is 1. The van der Waals surface area contributed by atoms with E-state index in [1.807, 2.05) is 19.1 Å². The van der Waals surface area contributed by atoms with Gasteiger partial charge in [-0.05, 0) is 29.7 Å². The number of methoxy groups -OCH3 is 1. The van der Waals surface area contributed by atoms with E-state index in [9.17, 15) is 4.79 Å². The molecule has 1 rings (SSSR count). The van der Waals surface area contributed by atoms with Crippen LogP contribution in [0.4, 0.5) is 0 Å². The number of allylic oxidation sites excluding steroid dienone is 1. The molecular formula is C11H13NO2. The standard InChI is InChI=1S/C11H13NO2/c1-3-9(8-13)6-10-4-5-11(14-2)12-7-10/h4-8H,3H2,1-2H3/b9-6-. The van der Waals surface area contributed by atoms with Gasteiger partial charge in [-0.15, -0.1) is 0 Å². The van der Waals surface area contributed by atoms with Crippen molar-refractivity contribution in [2.75, 3.05) is 7.11 Å². The largest absolute Gasteiger partial charge is 0.481 e. The lowest BCUT2D eigenvalue weighted by atomic mass is 10.1. The van der Waals surface area contributed by atoms with Gasteiger partial charge in [0.15, 0.2) is 0 Å². The Morgan fingerprint density at radius 1 is 1.57 bits per heavy atom. The van der Waals surface area contributed by atoms with Crippen LogP contribution in [0.15, 0.2) is 23.9 Å². The van der Waals surface area contributed by atoms with Crippen LogP contribution in [0, 0.1) is 0 Å². The maximum absolute atomic E-state index is 10.6. The van der Waals surface area contributed by atoms with Gasteiger partial charge in [0, 0.05) is 12.3 Å². The van der Waals surface area contributed by atoms with Crippen LogP contribution >= 0.6 is 0 Å². The quantitative estimate of drug-likeness (QED) is 0.540. The zero-order valence-corrected chi connectivity index (χ0v) is 8.36. The molecule has 0 aliphatic heterocycles. The first-order valence-corrected chi connectivity index (χ1v) is 4.46. The number of aldehydes is 1. The predicted octanol–water partition coefficient (Wildman–Crippen LogP) is 2.08. The lowest BCUT2D eigenvalue weighted by molar-refractivity contribution is -0.104. The third-order valence-corrected chi connectivity index (χ3v) is 1.88. The number of rotatable bonds is 4. The second-order valence-electron chi connectivity index (χ2n) is 2.82. The van der Waals surface area contributed by atoms with Gasteiger partial charge in [-0.2, -0.15) is 0 Å². The van der Waals surface area contributed by atoms with Crippen molar-refractivity contribution in [3.05, 3.63) is 29.5 Å². The molecule has 0 aromatic carbocycles. The summed E-state index contributed by atoms with van der Waals surface area (Å²) in [4.78, 5) is 14.6. The molecule has 0 N–H and O–H groups in total. The summed E-state index contributed by atoms with van der Waals surface area (Å²) in [6.07, 6.45) is 5.09. The highest BCUT2D eigenvalue weighted by atomic mass is 16.5. The molecule has 0 aliphatic rings. The molecule has 0 aliphatic carbocycles. The average molecular weight is 191 g/mol. The fourth-order valence-corrected chi connectivity index (χ4v) is 1.03. The molecule has 74 valence electrons. The Labute approximate surface area is 83.4 Å². The van der Waals surface area contributed by atoms with Crippen LogP contribution in [0.3, 0.4) is 0 Å². The van der Waals surface area contributed by atoms with Gasteiger partial charge in [0.05, 0.1) is 7.11 Å². The summed E-state index contributed by atoms with van der Waals surface area (Å²) in [6, 6.07) is 3.63. The van der Waals surface area contributed by atoms with Crippen LogP contribution in [0.2, 0.25) is 0 Å². The lowest BCUT2D eigenvalue weighted by Gasteiger charge is -1.99. The van der Waals surface area contributed by atoms with Crippen molar-refractivity contribution >= 4 is 12.4 Å². The number of carbonyl (C=O) groups excluding carboxylic acids is 1. The fraction of sp³-hybridized carbons (Fsp3) is 0.273. The van der Waals surface area contributed by atoms with Crippen molar-refractivity contribution < 1.29 is 9.53 Å². The van der Waals surface area contributed by atoms with E-state index < -0.39 is 0 Å². The number of hydrogen-bond acceptors (Lipinski definition) is 3. The van der Waals surface area contributed by atoms with Crippen molar-refractivity contribution in [1.82, 2.24) is 4.98 Å². The highest BCUT2D eigenvalue weighted by molar-refractivity contribution is 5.81. The first kappa shape index (κ1) is 10.4. The van der Waals surface area contributed by atoms with Crippen molar-refractivity contribution in [1.29, 1.82) is 0 Å². The Morgan fingerprint density at radius 3 is 2.79 bits per heavy atom. The van der Waals surface area contributed by atoms with E-state index in [0.717, 1.165) is 23.8 Å². The van der Waals surface area contributed by atoms with Crippen molar-refractivity contribution in [3.63, 3.8) is 0 Å². The third-order valence-electron chi connectivity index (χ3n) is 1.88. The lowest BCUT2D eigenvalue weighted by Crippen LogP contribution is -1.87. The maximum atomic E-state index is 10.6. The number of nitrogens with zero attached hydrogens (tertiary/aromatic N) is 1. The molecule has 0 spiro atoms. The Kier molecular flexibility index (Phi) is 3.85. The highest BCUT2D eigenvalue weighted by Crippen LogP contribution is 2.10. The summed E-state index contributed by atoms with van der Waals surface area (Å²) in [6.45, 7) is 1.94. The molecule has 3 heteroatoms. The van der Waals surface area contributed by atoms with E-state index in [2.05, 4.69) is 4.98 Å². The van der Waals surface area contributed by atoms with E-state index in [1.165, 1.54) is 0 Å². The molecule has 0 saturated carbocycles. The van der Waals surface area contributed by atoms with Crippen LogP contribution in [-0.4, -0.2) is 18.4 Å². The van der Waals surface area contributed by atoms with Gasteiger partial charge in [0.25, 0.3) is 0 Å². The van der Waals surface area contributed by atoms with E-state index in [-0.39, 0.29) is 0 Å². The predicted molar refractivity (Wildman–Crippen MR) is 55.1 cm³/mol. The number of carbonyl (C=O) groups is 1. The molecule has 3 nitrogen and oxygen atoms in total. The van der Waals surface area contributed by atoms with E-state index in [4.69, 9.17) is 4.74 Å². The molecule has 0 unspecified atom stereocenters. The van der Waals surface area contributed by atoms with Gasteiger partial charge in [-0.3, -0.25) is 4.79 Å². The maximum Gasteiger partial charge on any atom is 0.212 e. The van der Waals surface area contributed by atoms with Crippen LogP contribution < -0.4 is 4.74 Å². The Hall–Kier alpha value is -1.64. The fourth-order valence-electron chi connectivity index (χ4n) is 1.03. The Bertz CT molecular complexity index is 328. The van der Waals surface area contributed by atoms with Crippen LogP contribution in [0.1, 0.15) is 18.9 Å². The summed E-state index contributed by atoms with van der Waals surface area (Å²) in [7, 11) is 1.57. The first-order chi connectivity index (χ1) is 6.80. The first-order valence-electron chi connectivity index (χ1n) is 4.46.